The molecule has 0 radical (unpaired) electrons. The number of nitrogens with one attached hydrogen (secondary N) is 2. The van der Waals surface area contributed by atoms with E-state index in [1.54, 1.807) is 29.2 Å². The number of carbonyl (C=O) groups excluding carboxylic acids is 2. The quantitative estimate of drug-likeness (QED) is 0.532. The molecule has 2 aromatic rings. The largest absolute Gasteiger partial charge is 0.395 e. The van der Waals surface area contributed by atoms with Crippen LogP contribution in [0.15, 0.2) is 54.6 Å². The Kier molecular flexibility index (Phi) is 9.31. The van der Waals surface area contributed by atoms with E-state index >= 15 is 0 Å². The third-order valence-electron chi connectivity index (χ3n) is 4.16. The van der Waals surface area contributed by atoms with E-state index in [4.69, 9.17) is 11.6 Å². The Balaban J connectivity index is 1.68. The van der Waals surface area contributed by atoms with Crippen molar-refractivity contribution in [2.45, 2.75) is 19.3 Å². The number of anilines is 1. The summed E-state index contributed by atoms with van der Waals surface area (Å²) < 4.78 is 0. The molecule has 150 valence electrons. The Labute approximate surface area is 170 Å². The Morgan fingerprint density at radius 1 is 1.00 bits per heavy atom. The van der Waals surface area contributed by atoms with Crippen molar-refractivity contribution in [1.82, 2.24) is 10.2 Å². The molecule has 0 aliphatic heterocycles. The van der Waals surface area contributed by atoms with Gasteiger partial charge < -0.3 is 20.6 Å². The Bertz CT molecular complexity index is 738. The number of aliphatic hydroxyl groups excluding tert-OH is 1. The molecular formula is C21H26ClN3O3. The summed E-state index contributed by atoms with van der Waals surface area (Å²) in [4.78, 5) is 25.8. The van der Waals surface area contributed by atoms with Gasteiger partial charge in [0.25, 0.3) is 0 Å². The van der Waals surface area contributed by atoms with Crippen molar-refractivity contribution >= 4 is 29.2 Å². The number of hydrogen-bond donors (Lipinski definition) is 3. The normalized spacial score (nSPS) is 10.4. The second-order valence-electron chi connectivity index (χ2n) is 6.34. The predicted molar refractivity (Wildman–Crippen MR) is 112 cm³/mol. The van der Waals surface area contributed by atoms with E-state index < -0.39 is 0 Å². The minimum atomic E-state index is -0.233. The number of hydrogen-bond acceptors (Lipinski definition) is 3. The molecular weight excluding hydrogens is 378 g/mol. The van der Waals surface area contributed by atoms with Gasteiger partial charge in [-0.25, -0.2) is 4.79 Å². The van der Waals surface area contributed by atoms with Crippen LogP contribution in [-0.4, -0.2) is 48.2 Å². The fourth-order valence-electron chi connectivity index (χ4n) is 2.66. The lowest BCUT2D eigenvalue weighted by molar-refractivity contribution is -0.116. The van der Waals surface area contributed by atoms with Crippen molar-refractivity contribution in [3.63, 3.8) is 0 Å². The molecule has 0 heterocycles. The number of rotatable bonds is 10. The van der Waals surface area contributed by atoms with Crippen LogP contribution in [0, 0.1) is 0 Å². The fraction of sp³-hybridized carbons (Fsp3) is 0.333. The molecule has 3 amide bonds. The van der Waals surface area contributed by atoms with Gasteiger partial charge in [-0.05, 0) is 42.7 Å². The molecule has 0 saturated carbocycles. The van der Waals surface area contributed by atoms with E-state index in [1.807, 2.05) is 30.3 Å². The lowest BCUT2D eigenvalue weighted by Gasteiger charge is -2.22. The molecule has 0 unspecified atom stereocenters. The van der Waals surface area contributed by atoms with Gasteiger partial charge in [0.2, 0.25) is 5.91 Å². The Morgan fingerprint density at radius 2 is 1.71 bits per heavy atom. The Morgan fingerprint density at radius 3 is 2.39 bits per heavy atom. The van der Waals surface area contributed by atoms with E-state index in [0.717, 1.165) is 12.0 Å². The zero-order valence-corrected chi connectivity index (χ0v) is 16.5. The maximum Gasteiger partial charge on any atom is 0.317 e. The van der Waals surface area contributed by atoms with Crippen LogP contribution in [0.25, 0.3) is 0 Å². The molecule has 2 aromatic carbocycles. The average molecular weight is 404 g/mol. The van der Waals surface area contributed by atoms with E-state index in [2.05, 4.69) is 10.6 Å². The van der Waals surface area contributed by atoms with Crippen molar-refractivity contribution < 1.29 is 14.7 Å². The molecule has 6 nitrogen and oxygen atoms in total. The minimum Gasteiger partial charge on any atom is -0.395 e. The molecule has 0 fully saturated rings. The van der Waals surface area contributed by atoms with Crippen molar-refractivity contribution in [3.05, 3.63) is 65.2 Å². The maximum absolute atomic E-state index is 12.3. The van der Waals surface area contributed by atoms with E-state index in [0.29, 0.717) is 36.6 Å². The highest BCUT2D eigenvalue weighted by atomic mass is 35.5. The maximum atomic E-state index is 12.3. The zero-order chi connectivity index (χ0) is 20.2. The molecule has 28 heavy (non-hydrogen) atoms. The van der Waals surface area contributed by atoms with Crippen molar-refractivity contribution in [3.8, 4) is 0 Å². The van der Waals surface area contributed by atoms with Crippen LogP contribution in [0.1, 0.15) is 18.4 Å². The van der Waals surface area contributed by atoms with Crippen LogP contribution >= 0.6 is 11.6 Å². The molecule has 0 spiro atoms. The summed E-state index contributed by atoms with van der Waals surface area (Å²) in [6, 6.07) is 16.5. The van der Waals surface area contributed by atoms with Gasteiger partial charge in [0.05, 0.1) is 6.61 Å². The highest BCUT2D eigenvalue weighted by Gasteiger charge is 2.12. The zero-order valence-electron chi connectivity index (χ0n) is 15.7. The van der Waals surface area contributed by atoms with Crippen molar-refractivity contribution in [2.24, 2.45) is 0 Å². The molecule has 0 aromatic heterocycles. The number of carbonyl (C=O) groups is 2. The van der Waals surface area contributed by atoms with Crippen LogP contribution in [0.3, 0.4) is 0 Å². The summed E-state index contributed by atoms with van der Waals surface area (Å²) >= 11 is 5.81. The summed E-state index contributed by atoms with van der Waals surface area (Å²) in [5.74, 6) is -0.118. The first-order chi connectivity index (χ1) is 13.6. The molecule has 2 rings (SSSR count). The molecule has 0 atom stereocenters. The number of halogens is 1. The SMILES string of the molecule is O=C(CCCNC(=O)N(CCO)CCc1ccccc1)Nc1ccc(Cl)cc1. The van der Waals surface area contributed by atoms with E-state index in [9.17, 15) is 14.7 Å². The molecule has 0 bridgehead atoms. The third kappa shape index (κ3) is 7.98. The Hall–Kier alpha value is -2.57. The molecule has 0 aliphatic carbocycles. The van der Waals surface area contributed by atoms with Crippen LogP contribution in [-0.2, 0) is 11.2 Å². The van der Waals surface area contributed by atoms with Crippen LogP contribution < -0.4 is 10.6 Å². The predicted octanol–water partition coefficient (Wildman–Crippen LogP) is 3.31. The first-order valence-corrected chi connectivity index (χ1v) is 9.69. The van der Waals surface area contributed by atoms with Gasteiger partial charge in [0, 0.05) is 36.8 Å². The first-order valence-electron chi connectivity index (χ1n) is 9.31. The number of benzene rings is 2. The number of urea groups is 1. The molecule has 3 N–H and O–H groups in total. The van der Waals surface area contributed by atoms with Gasteiger partial charge in [-0.2, -0.15) is 0 Å². The highest BCUT2D eigenvalue weighted by Crippen LogP contribution is 2.13. The molecule has 7 heteroatoms. The first kappa shape index (κ1) is 21.7. The van der Waals surface area contributed by atoms with Gasteiger partial charge >= 0.3 is 6.03 Å². The standard InChI is InChI=1S/C21H26ClN3O3/c22-18-8-10-19(11-9-18)24-20(27)7-4-13-23-21(28)25(15-16-26)14-12-17-5-2-1-3-6-17/h1-3,5-6,8-11,26H,4,7,12-16H2,(H,23,28)(H,24,27). The van der Waals surface area contributed by atoms with Gasteiger partial charge in [-0.3, -0.25) is 4.79 Å². The van der Waals surface area contributed by atoms with Gasteiger partial charge in [0.15, 0.2) is 0 Å². The summed E-state index contributed by atoms with van der Waals surface area (Å²) in [5.41, 5.74) is 1.82. The number of aliphatic hydroxyl groups is 1. The van der Waals surface area contributed by atoms with Crippen molar-refractivity contribution in [1.29, 1.82) is 0 Å². The summed E-state index contributed by atoms with van der Waals surface area (Å²) in [7, 11) is 0. The number of nitrogens with zero attached hydrogens (tertiary/aromatic N) is 1. The monoisotopic (exact) mass is 403 g/mol. The summed E-state index contributed by atoms with van der Waals surface area (Å²) in [6.07, 6.45) is 1.54. The van der Waals surface area contributed by atoms with Crippen molar-refractivity contribution in [2.75, 3.05) is 31.6 Å². The lowest BCUT2D eigenvalue weighted by Crippen LogP contribution is -2.43. The van der Waals surface area contributed by atoms with Crippen LogP contribution in [0.4, 0.5) is 10.5 Å². The third-order valence-corrected chi connectivity index (χ3v) is 4.41. The smallest absolute Gasteiger partial charge is 0.317 e. The highest BCUT2D eigenvalue weighted by molar-refractivity contribution is 6.30. The average Bonchev–Trinajstić information content (AvgIpc) is 2.71. The fourth-order valence-corrected chi connectivity index (χ4v) is 2.78. The van der Waals surface area contributed by atoms with Crippen LogP contribution in [0.2, 0.25) is 5.02 Å². The molecule has 0 aliphatic rings. The summed E-state index contributed by atoms with van der Waals surface area (Å²) in [6.45, 7) is 1.09. The lowest BCUT2D eigenvalue weighted by atomic mass is 10.1. The van der Waals surface area contributed by atoms with Gasteiger partial charge in [-0.1, -0.05) is 41.9 Å². The van der Waals surface area contributed by atoms with Gasteiger partial charge in [-0.15, -0.1) is 0 Å². The van der Waals surface area contributed by atoms with E-state index in [1.165, 1.54) is 0 Å². The number of amides is 3. The minimum absolute atomic E-state index is 0.0916. The summed E-state index contributed by atoms with van der Waals surface area (Å²) in [5, 5.41) is 15.4. The topological polar surface area (TPSA) is 81.7 Å². The van der Waals surface area contributed by atoms with E-state index in [-0.39, 0.29) is 25.1 Å². The van der Waals surface area contributed by atoms with Gasteiger partial charge in [0.1, 0.15) is 0 Å². The molecule has 0 saturated heterocycles. The van der Waals surface area contributed by atoms with Crippen LogP contribution in [0.5, 0.6) is 0 Å². The second-order valence-corrected chi connectivity index (χ2v) is 6.77. The second kappa shape index (κ2) is 12.0.